The summed E-state index contributed by atoms with van der Waals surface area (Å²) in [7, 11) is 3.72. The van der Waals surface area contributed by atoms with Crippen LogP contribution in [0.1, 0.15) is 25.7 Å². The number of nitrogens with zero attached hydrogens (tertiary/aromatic N) is 2. The van der Waals surface area contributed by atoms with Crippen molar-refractivity contribution in [1.29, 1.82) is 0 Å². The molecule has 1 fully saturated rings. The molecule has 0 bridgehead atoms. The van der Waals surface area contributed by atoms with Crippen LogP contribution in [0.4, 0.5) is 4.79 Å². The van der Waals surface area contributed by atoms with E-state index in [1.54, 1.807) is 7.05 Å². The number of carbonyl (C=O) groups is 1. The lowest BCUT2D eigenvalue weighted by Crippen LogP contribution is -2.39. The highest BCUT2D eigenvalue weighted by atomic mass is 16.5. The summed E-state index contributed by atoms with van der Waals surface area (Å²) < 4.78 is 5.73. The van der Waals surface area contributed by atoms with Gasteiger partial charge >= 0.3 is 6.09 Å². The number of likely N-dealkylation sites (N-methyl/N-ethyl adjacent to an activating group) is 1. The van der Waals surface area contributed by atoms with Crippen LogP contribution < -0.4 is 0 Å². The van der Waals surface area contributed by atoms with Crippen molar-refractivity contribution >= 4 is 6.09 Å². The third-order valence-corrected chi connectivity index (χ3v) is 4.08. The van der Waals surface area contributed by atoms with Crippen molar-refractivity contribution in [3.8, 4) is 0 Å². The molecule has 20 heavy (non-hydrogen) atoms. The van der Waals surface area contributed by atoms with Crippen molar-refractivity contribution < 1.29 is 14.6 Å². The molecular weight excluding hydrogens is 256 g/mol. The van der Waals surface area contributed by atoms with E-state index >= 15 is 0 Å². The molecule has 0 aromatic carbocycles. The van der Waals surface area contributed by atoms with Gasteiger partial charge in [0.25, 0.3) is 0 Å². The van der Waals surface area contributed by atoms with E-state index < -0.39 is 6.09 Å². The number of hydrogen-bond acceptors (Lipinski definition) is 3. The second kappa shape index (κ2) is 8.97. The van der Waals surface area contributed by atoms with E-state index in [0.717, 1.165) is 52.0 Å². The Kier molecular flexibility index (Phi) is 7.62. The van der Waals surface area contributed by atoms with E-state index in [-0.39, 0.29) is 6.04 Å². The average Bonchev–Trinajstić information content (AvgIpc) is 2.43. The molecular formula is C15H28N2O3. The molecule has 116 valence electrons. The summed E-state index contributed by atoms with van der Waals surface area (Å²) in [5.41, 5.74) is 0. The van der Waals surface area contributed by atoms with Crippen molar-refractivity contribution in [3.63, 3.8) is 0 Å². The van der Waals surface area contributed by atoms with Crippen LogP contribution in [-0.2, 0) is 4.74 Å². The number of carboxylic acid groups (broad SMARTS) is 1. The number of hydrogen-bond donors (Lipinski definition) is 1. The number of rotatable bonds is 8. The Balaban J connectivity index is 2.10. The molecule has 1 rings (SSSR count). The predicted octanol–water partition coefficient (Wildman–Crippen LogP) is 2.29. The fourth-order valence-electron chi connectivity index (χ4n) is 2.64. The minimum atomic E-state index is -0.824. The standard InChI is InChI=1S/C15H28N2O3/c1-4-9-16(2)10-11-20-12-13-5-7-14(8-6-13)17(3)15(18)19/h4,13-14H,1,5-12H2,2-3H3,(H,18,19). The van der Waals surface area contributed by atoms with Crippen molar-refractivity contribution in [1.82, 2.24) is 9.80 Å². The minimum Gasteiger partial charge on any atom is -0.465 e. The first kappa shape index (κ1) is 17.0. The molecule has 0 unspecified atom stereocenters. The fourth-order valence-corrected chi connectivity index (χ4v) is 2.64. The zero-order valence-electron chi connectivity index (χ0n) is 12.8. The largest absolute Gasteiger partial charge is 0.465 e. The molecule has 1 aliphatic carbocycles. The van der Waals surface area contributed by atoms with Crippen LogP contribution in [0.5, 0.6) is 0 Å². The van der Waals surface area contributed by atoms with Gasteiger partial charge in [-0.15, -0.1) is 6.58 Å². The minimum absolute atomic E-state index is 0.183. The Labute approximate surface area is 122 Å². The highest BCUT2D eigenvalue weighted by Gasteiger charge is 2.26. The molecule has 0 atom stereocenters. The lowest BCUT2D eigenvalue weighted by molar-refractivity contribution is 0.0592. The Bertz CT molecular complexity index is 301. The van der Waals surface area contributed by atoms with Gasteiger partial charge in [0.15, 0.2) is 0 Å². The SMILES string of the molecule is C=CCN(C)CCOCC1CCC(N(C)C(=O)O)CC1. The Morgan fingerprint density at radius 1 is 1.35 bits per heavy atom. The summed E-state index contributed by atoms with van der Waals surface area (Å²) in [5, 5.41) is 8.96. The highest BCUT2D eigenvalue weighted by molar-refractivity contribution is 5.64. The lowest BCUT2D eigenvalue weighted by atomic mass is 9.86. The van der Waals surface area contributed by atoms with Gasteiger partial charge in [-0.3, -0.25) is 0 Å². The average molecular weight is 284 g/mol. The van der Waals surface area contributed by atoms with Crippen molar-refractivity contribution in [3.05, 3.63) is 12.7 Å². The molecule has 0 spiro atoms. The molecule has 0 aromatic heterocycles. The first-order chi connectivity index (χ1) is 9.54. The van der Waals surface area contributed by atoms with E-state index in [0.29, 0.717) is 5.92 Å². The molecule has 0 heterocycles. The molecule has 5 heteroatoms. The quantitative estimate of drug-likeness (QED) is 0.549. The summed E-state index contributed by atoms with van der Waals surface area (Å²) in [6.45, 7) is 7.06. The second-order valence-corrected chi connectivity index (χ2v) is 5.69. The highest BCUT2D eigenvalue weighted by Crippen LogP contribution is 2.27. The van der Waals surface area contributed by atoms with Gasteiger partial charge in [0.1, 0.15) is 0 Å². The Morgan fingerprint density at radius 2 is 2.00 bits per heavy atom. The summed E-state index contributed by atoms with van der Waals surface area (Å²) >= 11 is 0. The molecule has 1 aliphatic rings. The van der Waals surface area contributed by atoms with Gasteiger partial charge in [0.2, 0.25) is 0 Å². The topological polar surface area (TPSA) is 53.0 Å². The van der Waals surface area contributed by atoms with Crippen LogP contribution >= 0.6 is 0 Å². The zero-order valence-corrected chi connectivity index (χ0v) is 12.8. The van der Waals surface area contributed by atoms with Crippen LogP contribution in [0.15, 0.2) is 12.7 Å². The van der Waals surface area contributed by atoms with Gasteiger partial charge in [-0.1, -0.05) is 6.08 Å². The van der Waals surface area contributed by atoms with Crippen LogP contribution in [-0.4, -0.2) is 67.4 Å². The van der Waals surface area contributed by atoms with E-state index in [1.807, 2.05) is 6.08 Å². The molecule has 1 N–H and O–H groups in total. The first-order valence-electron chi connectivity index (χ1n) is 7.37. The van der Waals surface area contributed by atoms with Gasteiger partial charge in [-0.25, -0.2) is 4.79 Å². The maximum Gasteiger partial charge on any atom is 0.407 e. The van der Waals surface area contributed by atoms with Crippen molar-refractivity contribution in [2.24, 2.45) is 5.92 Å². The molecule has 1 amide bonds. The van der Waals surface area contributed by atoms with Crippen LogP contribution in [0.25, 0.3) is 0 Å². The molecule has 0 aliphatic heterocycles. The summed E-state index contributed by atoms with van der Waals surface area (Å²) in [6.07, 6.45) is 5.09. The maximum atomic E-state index is 10.9. The van der Waals surface area contributed by atoms with Gasteiger partial charge in [-0.2, -0.15) is 0 Å². The molecule has 0 radical (unpaired) electrons. The van der Waals surface area contributed by atoms with Crippen molar-refractivity contribution in [2.45, 2.75) is 31.7 Å². The fraction of sp³-hybridized carbons (Fsp3) is 0.800. The van der Waals surface area contributed by atoms with Crippen LogP contribution in [0.3, 0.4) is 0 Å². The molecule has 5 nitrogen and oxygen atoms in total. The van der Waals surface area contributed by atoms with E-state index in [9.17, 15) is 4.79 Å². The van der Waals surface area contributed by atoms with Crippen LogP contribution in [0.2, 0.25) is 0 Å². The Hall–Kier alpha value is -1.07. The number of ether oxygens (including phenoxy) is 1. The summed E-state index contributed by atoms with van der Waals surface area (Å²) in [5.74, 6) is 0.582. The first-order valence-corrected chi connectivity index (χ1v) is 7.37. The molecule has 0 aromatic rings. The van der Waals surface area contributed by atoms with E-state index in [1.165, 1.54) is 4.90 Å². The third kappa shape index (κ3) is 5.92. The second-order valence-electron chi connectivity index (χ2n) is 5.69. The van der Waals surface area contributed by atoms with Gasteiger partial charge in [0.05, 0.1) is 6.61 Å². The predicted molar refractivity (Wildman–Crippen MR) is 80.0 cm³/mol. The third-order valence-electron chi connectivity index (χ3n) is 4.08. The zero-order chi connectivity index (χ0) is 15.0. The van der Waals surface area contributed by atoms with E-state index in [4.69, 9.17) is 9.84 Å². The van der Waals surface area contributed by atoms with Crippen LogP contribution in [0, 0.1) is 5.92 Å². The smallest absolute Gasteiger partial charge is 0.407 e. The summed E-state index contributed by atoms with van der Waals surface area (Å²) in [4.78, 5) is 14.5. The monoisotopic (exact) mass is 284 g/mol. The normalized spacial score (nSPS) is 22.8. The maximum absolute atomic E-state index is 10.9. The molecule has 0 saturated heterocycles. The lowest BCUT2D eigenvalue weighted by Gasteiger charge is -2.33. The van der Waals surface area contributed by atoms with Gasteiger partial charge in [0, 0.05) is 32.8 Å². The molecule has 1 saturated carbocycles. The van der Waals surface area contributed by atoms with Gasteiger partial charge < -0.3 is 19.6 Å². The van der Waals surface area contributed by atoms with E-state index in [2.05, 4.69) is 18.5 Å². The van der Waals surface area contributed by atoms with Crippen molar-refractivity contribution in [2.75, 3.05) is 40.4 Å². The number of amides is 1. The Morgan fingerprint density at radius 3 is 2.55 bits per heavy atom. The van der Waals surface area contributed by atoms with Gasteiger partial charge in [-0.05, 0) is 38.6 Å². The summed E-state index contributed by atoms with van der Waals surface area (Å²) in [6, 6.07) is 0.183.